The highest BCUT2D eigenvalue weighted by atomic mass is 16.3. The van der Waals surface area contributed by atoms with Gasteiger partial charge in [-0.2, -0.15) is 0 Å². The van der Waals surface area contributed by atoms with E-state index in [-0.39, 0.29) is 0 Å². The summed E-state index contributed by atoms with van der Waals surface area (Å²) in [6, 6.07) is 69.0. The summed E-state index contributed by atoms with van der Waals surface area (Å²) in [6.07, 6.45) is 1.13. The van der Waals surface area contributed by atoms with Crippen molar-refractivity contribution in [3.05, 3.63) is 200 Å². The quantitative estimate of drug-likeness (QED) is 0.155. The second kappa shape index (κ2) is 14.7. The van der Waals surface area contributed by atoms with Crippen LogP contribution in [0.25, 0.3) is 106 Å². The lowest BCUT2D eigenvalue weighted by molar-refractivity contribution is 0.669. The van der Waals surface area contributed by atoms with Gasteiger partial charge in [-0.25, -0.2) is 9.97 Å². The van der Waals surface area contributed by atoms with Gasteiger partial charge in [0.15, 0.2) is 5.82 Å². The zero-order chi connectivity index (χ0) is 40.2. The van der Waals surface area contributed by atoms with Crippen LogP contribution in [0, 0.1) is 0 Å². The number of benzene rings is 8. The van der Waals surface area contributed by atoms with Crippen LogP contribution in [-0.4, -0.2) is 14.5 Å². The molecule has 0 saturated carbocycles. The molecule has 1 unspecified atom stereocenters. The summed E-state index contributed by atoms with van der Waals surface area (Å²) < 4.78 is 8.93. The van der Waals surface area contributed by atoms with E-state index in [1.807, 2.05) is 36.4 Å². The minimum absolute atomic E-state index is 0.539. The van der Waals surface area contributed by atoms with Crippen molar-refractivity contribution in [1.29, 1.82) is 0 Å². The molecular formula is C56H41N3O. The molecule has 0 radical (unpaired) electrons. The van der Waals surface area contributed by atoms with Gasteiger partial charge in [-0.1, -0.05) is 147 Å². The lowest BCUT2D eigenvalue weighted by Crippen LogP contribution is -1.96. The first-order valence-corrected chi connectivity index (χ1v) is 20.8. The highest BCUT2D eigenvalue weighted by molar-refractivity contribution is 6.14. The van der Waals surface area contributed by atoms with Crippen LogP contribution in [-0.2, 0) is 0 Å². The molecule has 286 valence electrons. The fourth-order valence-corrected chi connectivity index (χ4v) is 8.78. The second-order valence-corrected chi connectivity index (χ2v) is 15.8. The monoisotopic (exact) mass is 771 g/mol. The lowest BCUT2D eigenvalue weighted by atomic mass is 9.96. The van der Waals surface area contributed by atoms with Crippen molar-refractivity contribution in [1.82, 2.24) is 14.5 Å². The van der Waals surface area contributed by atoms with Gasteiger partial charge in [-0.3, -0.25) is 0 Å². The van der Waals surface area contributed by atoms with E-state index in [0.717, 1.165) is 78.7 Å². The average Bonchev–Trinajstić information content (AvgIpc) is 3.87. The fraction of sp³-hybridized carbons (Fsp3) is 0.0714. The van der Waals surface area contributed by atoms with E-state index in [0.29, 0.717) is 11.7 Å². The molecular weight excluding hydrogens is 731 g/mol. The molecule has 0 bridgehead atoms. The number of nitrogens with zero attached hydrogens (tertiary/aromatic N) is 3. The van der Waals surface area contributed by atoms with Gasteiger partial charge in [0.25, 0.3) is 0 Å². The molecule has 11 aromatic rings. The maximum absolute atomic E-state index is 6.53. The Labute approximate surface area is 349 Å². The summed E-state index contributed by atoms with van der Waals surface area (Å²) in [7, 11) is 0. The van der Waals surface area contributed by atoms with Crippen LogP contribution in [0.2, 0.25) is 0 Å². The van der Waals surface area contributed by atoms with Gasteiger partial charge in [0.05, 0.1) is 22.4 Å². The van der Waals surface area contributed by atoms with E-state index in [2.05, 4.69) is 176 Å². The van der Waals surface area contributed by atoms with E-state index >= 15 is 0 Å². The Morgan fingerprint density at radius 3 is 1.82 bits per heavy atom. The summed E-state index contributed by atoms with van der Waals surface area (Å²) in [6.45, 7) is 4.54. The zero-order valence-electron chi connectivity index (χ0n) is 33.5. The minimum atomic E-state index is 0.539. The van der Waals surface area contributed by atoms with Crippen molar-refractivity contribution in [2.75, 3.05) is 0 Å². The molecule has 0 amide bonds. The summed E-state index contributed by atoms with van der Waals surface area (Å²) in [5.74, 6) is 1.22. The topological polar surface area (TPSA) is 43.9 Å². The lowest BCUT2D eigenvalue weighted by Gasteiger charge is -2.12. The number of rotatable bonds is 8. The van der Waals surface area contributed by atoms with Crippen molar-refractivity contribution in [3.8, 4) is 61.8 Å². The molecule has 0 N–H and O–H groups in total. The number of furan rings is 1. The fourth-order valence-electron chi connectivity index (χ4n) is 8.78. The van der Waals surface area contributed by atoms with Crippen LogP contribution < -0.4 is 0 Å². The number of fused-ring (bicyclic) bond motifs is 6. The Morgan fingerprint density at radius 2 is 1.08 bits per heavy atom. The smallest absolute Gasteiger partial charge is 0.160 e. The molecule has 8 aromatic carbocycles. The highest BCUT2D eigenvalue weighted by Gasteiger charge is 2.18. The summed E-state index contributed by atoms with van der Waals surface area (Å²) in [4.78, 5) is 10.2. The summed E-state index contributed by atoms with van der Waals surface area (Å²) in [5.41, 5.74) is 16.0. The average molecular weight is 772 g/mol. The molecule has 4 heteroatoms. The van der Waals surface area contributed by atoms with Gasteiger partial charge in [0.2, 0.25) is 0 Å². The van der Waals surface area contributed by atoms with Crippen molar-refractivity contribution in [3.63, 3.8) is 0 Å². The Morgan fingerprint density at radius 1 is 0.467 bits per heavy atom. The molecule has 0 aliphatic rings. The van der Waals surface area contributed by atoms with E-state index in [1.165, 1.54) is 33.1 Å². The van der Waals surface area contributed by atoms with Gasteiger partial charge < -0.3 is 8.98 Å². The van der Waals surface area contributed by atoms with Gasteiger partial charge in [-0.05, 0) is 101 Å². The maximum atomic E-state index is 6.53. The normalized spacial score (nSPS) is 12.2. The molecule has 0 spiro atoms. The molecule has 0 aliphatic heterocycles. The van der Waals surface area contributed by atoms with Crippen molar-refractivity contribution >= 4 is 43.7 Å². The summed E-state index contributed by atoms with van der Waals surface area (Å²) >= 11 is 0. The third kappa shape index (κ3) is 6.16. The van der Waals surface area contributed by atoms with Crippen LogP contribution in [0.3, 0.4) is 0 Å². The highest BCUT2D eigenvalue weighted by Crippen LogP contribution is 2.41. The summed E-state index contributed by atoms with van der Waals surface area (Å²) in [5, 5.41) is 4.65. The third-order valence-electron chi connectivity index (χ3n) is 12.1. The van der Waals surface area contributed by atoms with Crippen molar-refractivity contribution < 1.29 is 4.42 Å². The molecule has 0 saturated heterocycles. The van der Waals surface area contributed by atoms with Crippen LogP contribution in [0.1, 0.15) is 31.7 Å². The Bertz CT molecular complexity index is 3300. The third-order valence-corrected chi connectivity index (χ3v) is 12.1. The first kappa shape index (κ1) is 35.6. The second-order valence-electron chi connectivity index (χ2n) is 15.8. The number of aromatic nitrogens is 3. The molecule has 4 nitrogen and oxygen atoms in total. The SMILES string of the molecule is CCC(C)c1ccc(-n2c3ccccc3c3cc(-c4ccc5oc6cccc(-c7cccc(-c8nc(-c9ccccc9)cc(-c9ccccc9)n8)c7)c6c5c4)ccc32)cc1. The standard InChI is InChI=1S/C56H41N3O/c1-3-36(2)37-24-28-44(29-25-37)59-51-22-11-10-20-46(51)47-33-40(26-30-52(47)59)41-27-31-53-48(34-41)55-45(21-13-23-54(55)60-53)42-18-12-19-43(32-42)56-57-49(38-14-6-4-7-15-38)35-50(58-56)39-16-8-5-9-17-39/h4-36H,3H2,1-2H3. The van der Waals surface area contributed by atoms with Crippen LogP contribution >= 0.6 is 0 Å². The Balaban J connectivity index is 1.01. The largest absolute Gasteiger partial charge is 0.456 e. The van der Waals surface area contributed by atoms with E-state index in [1.54, 1.807) is 0 Å². The first-order chi connectivity index (χ1) is 29.6. The minimum Gasteiger partial charge on any atom is -0.456 e. The van der Waals surface area contributed by atoms with Gasteiger partial charge in [-0.15, -0.1) is 0 Å². The molecule has 60 heavy (non-hydrogen) atoms. The van der Waals surface area contributed by atoms with Crippen molar-refractivity contribution in [2.45, 2.75) is 26.2 Å². The predicted octanol–water partition coefficient (Wildman–Crippen LogP) is 15.3. The Kier molecular flexibility index (Phi) is 8.70. The predicted molar refractivity (Wildman–Crippen MR) is 250 cm³/mol. The molecule has 3 aromatic heterocycles. The first-order valence-electron chi connectivity index (χ1n) is 20.8. The van der Waals surface area contributed by atoms with Crippen molar-refractivity contribution in [2.24, 2.45) is 0 Å². The molecule has 1 atom stereocenters. The van der Waals surface area contributed by atoms with Crippen LogP contribution in [0.15, 0.2) is 199 Å². The number of para-hydroxylation sites is 1. The van der Waals surface area contributed by atoms with Gasteiger partial charge >= 0.3 is 0 Å². The van der Waals surface area contributed by atoms with Gasteiger partial charge in [0.1, 0.15) is 11.2 Å². The molecule has 3 heterocycles. The van der Waals surface area contributed by atoms with E-state index in [9.17, 15) is 0 Å². The van der Waals surface area contributed by atoms with Gasteiger partial charge in [0, 0.05) is 43.9 Å². The van der Waals surface area contributed by atoms with E-state index in [4.69, 9.17) is 14.4 Å². The van der Waals surface area contributed by atoms with Crippen LogP contribution in [0.5, 0.6) is 0 Å². The van der Waals surface area contributed by atoms with Crippen LogP contribution in [0.4, 0.5) is 0 Å². The Hall–Kier alpha value is -7.56. The van der Waals surface area contributed by atoms with E-state index < -0.39 is 0 Å². The number of hydrogen-bond acceptors (Lipinski definition) is 3. The molecule has 11 rings (SSSR count). The number of hydrogen-bond donors (Lipinski definition) is 0. The zero-order valence-corrected chi connectivity index (χ0v) is 33.5. The maximum Gasteiger partial charge on any atom is 0.160 e. The molecule has 0 fully saturated rings. The molecule has 0 aliphatic carbocycles.